The minimum absolute atomic E-state index is 0.178. The lowest BCUT2D eigenvalue weighted by atomic mass is 10.2. The number of hydrogen-bond acceptors (Lipinski definition) is 3. The standard InChI is InChI=1S/C16H20N2O3/c1-2-3-9-17-16(19)18-13-6-4-7-14(11-13)21-12-15-8-5-10-20-15/h4,6-7,11,15H,5,8-10,12H2,1H3,(H2,17,18,19). The molecule has 1 heterocycles. The van der Waals surface area contributed by atoms with Gasteiger partial charge in [0.2, 0.25) is 0 Å². The predicted octanol–water partition coefficient (Wildman–Crippen LogP) is 2.39. The molecule has 1 aromatic rings. The van der Waals surface area contributed by atoms with Gasteiger partial charge in [0, 0.05) is 18.4 Å². The average Bonchev–Trinajstić information content (AvgIpc) is 2.99. The molecule has 1 aliphatic rings. The van der Waals surface area contributed by atoms with Crippen LogP contribution in [0.5, 0.6) is 5.75 Å². The maximum Gasteiger partial charge on any atom is 0.319 e. The average molecular weight is 288 g/mol. The summed E-state index contributed by atoms with van der Waals surface area (Å²) in [7, 11) is 0. The van der Waals surface area contributed by atoms with Crippen molar-refractivity contribution in [2.75, 3.05) is 25.1 Å². The van der Waals surface area contributed by atoms with Gasteiger partial charge in [-0.1, -0.05) is 12.0 Å². The zero-order valence-electron chi connectivity index (χ0n) is 12.1. The molecule has 0 aromatic heterocycles. The SMILES string of the molecule is CC#CCNC(=O)Nc1cccc(OCC2CCCO2)c1. The Labute approximate surface area is 125 Å². The van der Waals surface area contributed by atoms with E-state index in [0.29, 0.717) is 18.8 Å². The molecule has 1 aromatic carbocycles. The van der Waals surface area contributed by atoms with E-state index in [1.165, 1.54) is 0 Å². The summed E-state index contributed by atoms with van der Waals surface area (Å²) in [5.74, 6) is 6.20. The van der Waals surface area contributed by atoms with Crippen molar-refractivity contribution in [3.05, 3.63) is 24.3 Å². The zero-order chi connectivity index (χ0) is 14.9. The van der Waals surface area contributed by atoms with Gasteiger partial charge in [-0.2, -0.15) is 0 Å². The topological polar surface area (TPSA) is 59.6 Å². The highest BCUT2D eigenvalue weighted by Gasteiger charge is 2.16. The van der Waals surface area contributed by atoms with E-state index < -0.39 is 0 Å². The lowest BCUT2D eigenvalue weighted by Gasteiger charge is -2.12. The first kappa shape index (κ1) is 15.2. The van der Waals surface area contributed by atoms with Gasteiger partial charge in [0.05, 0.1) is 12.6 Å². The first-order valence-electron chi connectivity index (χ1n) is 7.07. The first-order valence-corrected chi connectivity index (χ1v) is 7.07. The molecule has 0 aliphatic carbocycles. The second kappa shape index (κ2) is 8.18. The number of anilines is 1. The molecule has 112 valence electrons. The molecule has 0 spiro atoms. The number of ether oxygens (including phenoxy) is 2. The number of carbonyl (C=O) groups excluding carboxylic acids is 1. The number of nitrogens with one attached hydrogen (secondary N) is 2. The molecule has 2 rings (SSSR count). The summed E-state index contributed by atoms with van der Waals surface area (Å²) in [6, 6.07) is 7.02. The van der Waals surface area contributed by atoms with Gasteiger partial charge in [0.25, 0.3) is 0 Å². The smallest absolute Gasteiger partial charge is 0.319 e. The van der Waals surface area contributed by atoms with E-state index in [1.54, 1.807) is 13.0 Å². The van der Waals surface area contributed by atoms with Gasteiger partial charge in [-0.15, -0.1) is 5.92 Å². The van der Waals surface area contributed by atoms with Gasteiger partial charge in [-0.25, -0.2) is 4.79 Å². The molecule has 0 bridgehead atoms. The molecular formula is C16H20N2O3. The highest BCUT2D eigenvalue weighted by Crippen LogP contribution is 2.19. The molecule has 1 fully saturated rings. The van der Waals surface area contributed by atoms with Crippen LogP contribution in [0, 0.1) is 11.8 Å². The van der Waals surface area contributed by atoms with Gasteiger partial charge >= 0.3 is 6.03 Å². The van der Waals surface area contributed by atoms with E-state index in [4.69, 9.17) is 9.47 Å². The van der Waals surface area contributed by atoms with Crippen LogP contribution in [0.4, 0.5) is 10.5 Å². The molecule has 1 unspecified atom stereocenters. The van der Waals surface area contributed by atoms with Gasteiger partial charge in [0.15, 0.2) is 0 Å². The van der Waals surface area contributed by atoms with E-state index in [-0.39, 0.29) is 12.1 Å². The van der Waals surface area contributed by atoms with E-state index in [9.17, 15) is 4.79 Å². The molecule has 1 aliphatic heterocycles. The maximum absolute atomic E-state index is 11.6. The molecule has 21 heavy (non-hydrogen) atoms. The van der Waals surface area contributed by atoms with Crippen molar-refractivity contribution in [3.63, 3.8) is 0 Å². The van der Waals surface area contributed by atoms with E-state index in [1.807, 2.05) is 18.2 Å². The summed E-state index contributed by atoms with van der Waals surface area (Å²) in [6.45, 7) is 3.42. The van der Waals surface area contributed by atoms with E-state index >= 15 is 0 Å². The molecule has 5 heteroatoms. The molecule has 2 N–H and O–H groups in total. The number of rotatable bonds is 5. The third-order valence-corrected chi connectivity index (χ3v) is 3.07. The summed E-state index contributed by atoms with van der Waals surface area (Å²) >= 11 is 0. The Morgan fingerprint density at radius 1 is 1.52 bits per heavy atom. The second-order valence-electron chi connectivity index (χ2n) is 4.71. The quantitative estimate of drug-likeness (QED) is 0.818. The van der Waals surface area contributed by atoms with Crippen molar-refractivity contribution < 1.29 is 14.3 Å². The molecule has 2 amide bonds. The van der Waals surface area contributed by atoms with Crippen LogP contribution in [-0.2, 0) is 4.74 Å². The van der Waals surface area contributed by atoms with Gasteiger partial charge in [0.1, 0.15) is 12.4 Å². The normalized spacial score (nSPS) is 16.7. The number of benzene rings is 1. The van der Waals surface area contributed by atoms with Crippen LogP contribution in [0.1, 0.15) is 19.8 Å². The number of urea groups is 1. The Morgan fingerprint density at radius 2 is 2.43 bits per heavy atom. The van der Waals surface area contributed by atoms with Crippen molar-refractivity contribution in [3.8, 4) is 17.6 Å². The maximum atomic E-state index is 11.6. The minimum atomic E-state index is -0.283. The molecule has 1 saturated heterocycles. The van der Waals surface area contributed by atoms with E-state index in [0.717, 1.165) is 25.2 Å². The van der Waals surface area contributed by atoms with Crippen molar-refractivity contribution in [2.45, 2.75) is 25.9 Å². The van der Waals surface area contributed by atoms with Crippen molar-refractivity contribution in [2.24, 2.45) is 0 Å². The van der Waals surface area contributed by atoms with E-state index in [2.05, 4.69) is 22.5 Å². The Morgan fingerprint density at radius 3 is 3.19 bits per heavy atom. The monoisotopic (exact) mass is 288 g/mol. The zero-order valence-corrected chi connectivity index (χ0v) is 12.1. The van der Waals surface area contributed by atoms with Gasteiger partial charge in [-0.05, 0) is 31.9 Å². The van der Waals surface area contributed by atoms with Crippen LogP contribution in [0.3, 0.4) is 0 Å². The van der Waals surface area contributed by atoms with Crippen LogP contribution >= 0.6 is 0 Å². The van der Waals surface area contributed by atoms with Crippen LogP contribution in [0.25, 0.3) is 0 Å². The molecule has 0 radical (unpaired) electrons. The number of hydrogen-bond donors (Lipinski definition) is 2. The van der Waals surface area contributed by atoms with Crippen molar-refractivity contribution >= 4 is 11.7 Å². The summed E-state index contributed by atoms with van der Waals surface area (Å²) in [6.07, 6.45) is 2.31. The highest BCUT2D eigenvalue weighted by atomic mass is 16.5. The molecular weight excluding hydrogens is 268 g/mol. The van der Waals surface area contributed by atoms with Crippen LogP contribution < -0.4 is 15.4 Å². The summed E-state index contributed by atoms with van der Waals surface area (Å²) in [5.41, 5.74) is 0.682. The lowest BCUT2D eigenvalue weighted by molar-refractivity contribution is 0.0680. The third-order valence-electron chi connectivity index (χ3n) is 3.07. The van der Waals surface area contributed by atoms with Crippen molar-refractivity contribution in [1.29, 1.82) is 0 Å². The molecule has 1 atom stereocenters. The molecule has 0 saturated carbocycles. The summed E-state index contributed by atoms with van der Waals surface area (Å²) < 4.78 is 11.2. The number of carbonyl (C=O) groups is 1. The van der Waals surface area contributed by atoms with Crippen molar-refractivity contribution in [1.82, 2.24) is 5.32 Å². The Balaban J connectivity index is 1.81. The van der Waals surface area contributed by atoms with Gasteiger partial charge < -0.3 is 20.1 Å². The fourth-order valence-corrected chi connectivity index (χ4v) is 2.02. The van der Waals surface area contributed by atoms with Crippen LogP contribution in [0.15, 0.2) is 24.3 Å². The fraction of sp³-hybridized carbons (Fsp3) is 0.438. The van der Waals surface area contributed by atoms with Crippen LogP contribution in [-0.4, -0.2) is 31.9 Å². The Kier molecular flexibility index (Phi) is 5.92. The van der Waals surface area contributed by atoms with Gasteiger partial charge in [-0.3, -0.25) is 0 Å². The Bertz CT molecular complexity index is 528. The second-order valence-corrected chi connectivity index (χ2v) is 4.71. The largest absolute Gasteiger partial charge is 0.491 e. The predicted molar refractivity (Wildman–Crippen MR) is 81.4 cm³/mol. The Hall–Kier alpha value is -2.19. The summed E-state index contributed by atoms with van der Waals surface area (Å²) in [5, 5.41) is 5.38. The first-order chi connectivity index (χ1) is 10.3. The number of amides is 2. The molecule has 5 nitrogen and oxygen atoms in total. The summed E-state index contributed by atoms with van der Waals surface area (Å²) in [4.78, 5) is 11.6. The third kappa shape index (κ3) is 5.36. The fourth-order valence-electron chi connectivity index (χ4n) is 2.02. The highest BCUT2D eigenvalue weighted by molar-refractivity contribution is 5.89. The minimum Gasteiger partial charge on any atom is -0.491 e. The lowest BCUT2D eigenvalue weighted by Crippen LogP contribution is -2.28. The van der Waals surface area contributed by atoms with Crippen LogP contribution in [0.2, 0.25) is 0 Å².